The standard InChI is InChI=1S/C17H23N3O2/c1-2-13-11-20(7-8-22-13)17(21)15(18)9-12-10-19-16-6-4-3-5-14(12)16/h3-6,10,13,15,19H,2,7-9,11,18H2,1H3/t13?,15-/m0/s1. The van der Waals surface area contributed by atoms with E-state index in [1.807, 2.05) is 29.3 Å². The molecule has 22 heavy (non-hydrogen) atoms. The SMILES string of the molecule is CCC1CN(C(=O)[C@@H](N)Cc2c[nH]c3ccccc23)CCO1. The summed E-state index contributed by atoms with van der Waals surface area (Å²) in [6.07, 6.45) is 3.56. The molecule has 1 aliphatic heterocycles. The topological polar surface area (TPSA) is 71.3 Å². The summed E-state index contributed by atoms with van der Waals surface area (Å²) in [5.74, 6) is 0.0204. The molecule has 2 atom stereocenters. The zero-order valence-corrected chi connectivity index (χ0v) is 12.9. The minimum absolute atomic E-state index is 0.0204. The Morgan fingerprint density at radius 1 is 1.50 bits per heavy atom. The number of hydrogen-bond acceptors (Lipinski definition) is 3. The maximum absolute atomic E-state index is 12.6. The predicted molar refractivity (Wildman–Crippen MR) is 86.6 cm³/mol. The molecule has 0 bridgehead atoms. The van der Waals surface area contributed by atoms with Gasteiger partial charge in [-0.05, 0) is 24.5 Å². The number of ether oxygens (including phenoxy) is 1. The molecular weight excluding hydrogens is 278 g/mol. The van der Waals surface area contributed by atoms with Gasteiger partial charge in [0.2, 0.25) is 5.91 Å². The molecule has 1 aromatic carbocycles. The van der Waals surface area contributed by atoms with E-state index in [2.05, 4.69) is 18.0 Å². The van der Waals surface area contributed by atoms with Crippen LogP contribution in [0, 0.1) is 0 Å². The van der Waals surface area contributed by atoms with Crippen molar-refractivity contribution >= 4 is 16.8 Å². The third-order valence-electron chi connectivity index (χ3n) is 4.34. The van der Waals surface area contributed by atoms with Crippen LogP contribution in [0.2, 0.25) is 0 Å². The van der Waals surface area contributed by atoms with Crippen LogP contribution in [0.15, 0.2) is 30.5 Å². The number of fused-ring (bicyclic) bond motifs is 1. The fraction of sp³-hybridized carbons (Fsp3) is 0.471. The highest BCUT2D eigenvalue weighted by molar-refractivity contribution is 5.86. The minimum Gasteiger partial charge on any atom is -0.375 e. The van der Waals surface area contributed by atoms with E-state index in [1.165, 1.54) is 0 Å². The Labute approximate surface area is 130 Å². The van der Waals surface area contributed by atoms with Crippen molar-refractivity contribution in [3.05, 3.63) is 36.0 Å². The number of carbonyl (C=O) groups is 1. The number of amides is 1. The van der Waals surface area contributed by atoms with Crippen molar-refractivity contribution in [3.63, 3.8) is 0 Å². The fourth-order valence-electron chi connectivity index (χ4n) is 3.03. The third kappa shape index (κ3) is 3.00. The second-order valence-electron chi connectivity index (χ2n) is 5.86. The molecule has 0 saturated carbocycles. The van der Waals surface area contributed by atoms with Gasteiger partial charge in [-0.3, -0.25) is 4.79 Å². The zero-order chi connectivity index (χ0) is 15.5. The minimum atomic E-state index is -0.505. The molecule has 1 amide bonds. The lowest BCUT2D eigenvalue weighted by molar-refractivity contribution is -0.140. The fourth-order valence-corrected chi connectivity index (χ4v) is 3.03. The summed E-state index contributed by atoms with van der Waals surface area (Å²) in [5, 5.41) is 1.14. The van der Waals surface area contributed by atoms with Crippen LogP contribution in [0.5, 0.6) is 0 Å². The molecule has 1 aromatic heterocycles. The predicted octanol–water partition coefficient (Wildman–Crippen LogP) is 1.68. The Bertz CT molecular complexity index is 652. The van der Waals surface area contributed by atoms with Gasteiger partial charge in [-0.1, -0.05) is 25.1 Å². The summed E-state index contributed by atoms with van der Waals surface area (Å²) in [7, 11) is 0. The number of aromatic amines is 1. The average molecular weight is 301 g/mol. The summed E-state index contributed by atoms with van der Waals surface area (Å²) in [4.78, 5) is 17.6. The van der Waals surface area contributed by atoms with Crippen LogP contribution >= 0.6 is 0 Å². The number of hydrogen-bond donors (Lipinski definition) is 2. The van der Waals surface area contributed by atoms with E-state index in [-0.39, 0.29) is 12.0 Å². The van der Waals surface area contributed by atoms with Gasteiger partial charge in [-0.25, -0.2) is 0 Å². The molecule has 0 aliphatic carbocycles. The molecule has 1 unspecified atom stereocenters. The lowest BCUT2D eigenvalue weighted by atomic mass is 10.0. The Balaban J connectivity index is 1.68. The van der Waals surface area contributed by atoms with Crippen molar-refractivity contribution < 1.29 is 9.53 Å². The number of H-pyrrole nitrogens is 1. The smallest absolute Gasteiger partial charge is 0.239 e. The Morgan fingerprint density at radius 3 is 3.14 bits per heavy atom. The number of benzene rings is 1. The monoisotopic (exact) mass is 301 g/mol. The van der Waals surface area contributed by atoms with Crippen molar-refractivity contribution in [2.45, 2.75) is 31.9 Å². The van der Waals surface area contributed by atoms with Gasteiger partial charge in [0.05, 0.1) is 18.8 Å². The van der Waals surface area contributed by atoms with Gasteiger partial charge in [0.15, 0.2) is 0 Å². The highest BCUT2D eigenvalue weighted by atomic mass is 16.5. The van der Waals surface area contributed by atoms with Crippen LogP contribution in [-0.2, 0) is 16.0 Å². The summed E-state index contributed by atoms with van der Waals surface area (Å²) in [5.41, 5.74) is 8.34. The Morgan fingerprint density at radius 2 is 2.32 bits per heavy atom. The van der Waals surface area contributed by atoms with Gasteiger partial charge in [-0.15, -0.1) is 0 Å². The molecule has 2 aromatic rings. The summed E-state index contributed by atoms with van der Waals surface area (Å²) in [6, 6.07) is 7.57. The number of rotatable bonds is 4. The first-order valence-corrected chi connectivity index (χ1v) is 7.90. The van der Waals surface area contributed by atoms with E-state index in [9.17, 15) is 4.79 Å². The molecule has 0 spiro atoms. The number of nitrogens with two attached hydrogens (primary N) is 1. The molecule has 2 heterocycles. The van der Waals surface area contributed by atoms with Gasteiger partial charge in [0.1, 0.15) is 0 Å². The van der Waals surface area contributed by atoms with Crippen LogP contribution < -0.4 is 5.73 Å². The van der Waals surface area contributed by atoms with Gasteiger partial charge in [-0.2, -0.15) is 0 Å². The van der Waals surface area contributed by atoms with Crippen molar-refractivity contribution in [1.29, 1.82) is 0 Å². The zero-order valence-electron chi connectivity index (χ0n) is 12.9. The molecule has 3 N–H and O–H groups in total. The van der Waals surface area contributed by atoms with Crippen LogP contribution in [-0.4, -0.2) is 47.6 Å². The lowest BCUT2D eigenvalue weighted by Crippen LogP contribution is -2.51. The summed E-state index contributed by atoms with van der Waals surface area (Å²) < 4.78 is 5.61. The Kier molecular flexibility index (Phi) is 4.45. The number of morpholine rings is 1. The first-order valence-electron chi connectivity index (χ1n) is 7.90. The average Bonchev–Trinajstić information content (AvgIpc) is 2.97. The number of para-hydroxylation sites is 1. The molecular formula is C17H23N3O2. The van der Waals surface area contributed by atoms with E-state index in [0.717, 1.165) is 22.9 Å². The molecule has 1 fully saturated rings. The van der Waals surface area contributed by atoms with Crippen molar-refractivity contribution in [3.8, 4) is 0 Å². The highest BCUT2D eigenvalue weighted by Gasteiger charge is 2.27. The number of aromatic nitrogens is 1. The van der Waals surface area contributed by atoms with E-state index in [1.54, 1.807) is 0 Å². The van der Waals surface area contributed by atoms with Crippen LogP contribution in [0.4, 0.5) is 0 Å². The lowest BCUT2D eigenvalue weighted by Gasteiger charge is -2.34. The van der Waals surface area contributed by atoms with Crippen molar-refractivity contribution in [2.24, 2.45) is 5.73 Å². The molecule has 3 rings (SSSR count). The molecule has 0 radical (unpaired) electrons. The molecule has 5 nitrogen and oxygen atoms in total. The van der Waals surface area contributed by atoms with Crippen LogP contribution in [0.1, 0.15) is 18.9 Å². The third-order valence-corrected chi connectivity index (χ3v) is 4.34. The largest absolute Gasteiger partial charge is 0.375 e. The summed E-state index contributed by atoms with van der Waals surface area (Å²) in [6.45, 7) is 3.96. The van der Waals surface area contributed by atoms with Gasteiger partial charge >= 0.3 is 0 Å². The van der Waals surface area contributed by atoms with Crippen LogP contribution in [0.3, 0.4) is 0 Å². The Hall–Kier alpha value is -1.85. The van der Waals surface area contributed by atoms with E-state index >= 15 is 0 Å². The maximum Gasteiger partial charge on any atom is 0.239 e. The van der Waals surface area contributed by atoms with Crippen molar-refractivity contribution in [2.75, 3.05) is 19.7 Å². The number of nitrogens with one attached hydrogen (secondary N) is 1. The maximum atomic E-state index is 12.6. The highest BCUT2D eigenvalue weighted by Crippen LogP contribution is 2.19. The molecule has 1 saturated heterocycles. The van der Waals surface area contributed by atoms with Gasteiger partial charge in [0, 0.05) is 30.2 Å². The number of carbonyl (C=O) groups excluding carboxylic acids is 1. The normalized spacial score (nSPS) is 20.3. The quantitative estimate of drug-likeness (QED) is 0.902. The first kappa shape index (κ1) is 15.1. The first-order chi connectivity index (χ1) is 10.7. The number of nitrogens with zero attached hydrogens (tertiary/aromatic N) is 1. The van der Waals surface area contributed by atoms with Gasteiger partial charge in [0.25, 0.3) is 0 Å². The second-order valence-corrected chi connectivity index (χ2v) is 5.86. The molecule has 118 valence electrons. The molecule has 5 heteroatoms. The summed E-state index contributed by atoms with van der Waals surface area (Å²) >= 11 is 0. The van der Waals surface area contributed by atoms with E-state index < -0.39 is 6.04 Å². The van der Waals surface area contributed by atoms with E-state index in [0.29, 0.717) is 26.1 Å². The van der Waals surface area contributed by atoms with Crippen LogP contribution in [0.25, 0.3) is 10.9 Å². The second kappa shape index (κ2) is 6.50. The molecule has 1 aliphatic rings. The van der Waals surface area contributed by atoms with E-state index in [4.69, 9.17) is 10.5 Å². The van der Waals surface area contributed by atoms with Crippen molar-refractivity contribution in [1.82, 2.24) is 9.88 Å². The van der Waals surface area contributed by atoms with Gasteiger partial charge < -0.3 is 20.4 Å².